The molecule has 6 nitrogen and oxygen atoms in total. The number of nitrogens with one attached hydrogen (secondary N) is 1. The van der Waals surface area contributed by atoms with Crippen molar-refractivity contribution < 1.29 is 4.79 Å². The van der Waals surface area contributed by atoms with E-state index >= 15 is 0 Å². The molecule has 0 saturated heterocycles. The number of hydrogen-bond acceptors (Lipinski definition) is 8. The second kappa shape index (κ2) is 7.35. The Morgan fingerprint density at radius 1 is 1.26 bits per heavy atom. The summed E-state index contributed by atoms with van der Waals surface area (Å²) < 4.78 is 4.53. The molecule has 3 aromatic rings. The fraction of sp³-hybridized carbons (Fsp3) is 0.154. The molecule has 10 heteroatoms. The molecule has 23 heavy (non-hydrogen) atoms. The van der Waals surface area contributed by atoms with Crippen molar-refractivity contribution >= 4 is 57.3 Å². The fourth-order valence-electron chi connectivity index (χ4n) is 1.64. The van der Waals surface area contributed by atoms with E-state index in [0.717, 1.165) is 27.2 Å². The van der Waals surface area contributed by atoms with Gasteiger partial charge < -0.3 is 0 Å². The van der Waals surface area contributed by atoms with Crippen molar-refractivity contribution in [1.29, 1.82) is 0 Å². The lowest BCUT2D eigenvalue weighted by Gasteiger charge is -1.98. The summed E-state index contributed by atoms with van der Waals surface area (Å²) in [7, 11) is 0. The average molecular weight is 384 g/mol. The average Bonchev–Trinajstić information content (AvgIpc) is 3.15. The lowest BCUT2D eigenvalue weighted by Crippen LogP contribution is -2.11. The van der Waals surface area contributed by atoms with Crippen LogP contribution in [0, 0.1) is 6.92 Å². The Hall–Kier alpha value is -1.55. The van der Waals surface area contributed by atoms with Gasteiger partial charge in [0.2, 0.25) is 5.13 Å². The second-order valence-electron chi connectivity index (χ2n) is 4.43. The lowest BCUT2D eigenvalue weighted by molar-refractivity contribution is 0.102. The molecule has 1 N–H and O–H groups in total. The molecule has 0 aliphatic heterocycles. The van der Waals surface area contributed by atoms with Crippen LogP contribution in [0.25, 0.3) is 0 Å². The van der Waals surface area contributed by atoms with E-state index in [4.69, 9.17) is 11.6 Å². The van der Waals surface area contributed by atoms with E-state index in [2.05, 4.69) is 25.1 Å². The second-order valence-corrected chi connectivity index (χ2v) is 7.82. The minimum absolute atomic E-state index is 0.261. The summed E-state index contributed by atoms with van der Waals surface area (Å²) in [6.45, 7) is 1.74. The molecule has 0 aliphatic carbocycles. The van der Waals surface area contributed by atoms with Crippen LogP contribution < -0.4 is 5.32 Å². The number of carbonyl (C=O) groups is 1. The number of hydrogen-bond donors (Lipinski definition) is 1. The van der Waals surface area contributed by atoms with E-state index < -0.39 is 0 Å². The molecular formula is C13H10ClN5OS3. The number of rotatable bonds is 5. The molecule has 0 radical (unpaired) electrons. The molecule has 0 aliphatic rings. The molecule has 0 fully saturated rings. The Morgan fingerprint density at radius 2 is 2.04 bits per heavy atom. The van der Waals surface area contributed by atoms with Crippen molar-refractivity contribution in [3.05, 3.63) is 45.4 Å². The first-order valence-corrected chi connectivity index (χ1v) is 9.38. The predicted molar refractivity (Wildman–Crippen MR) is 93.5 cm³/mol. The number of benzene rings is 1. The predicted octanol–water partition coefficient (Wildman–Crippen LogP) is 3.90. The molecule has 2 heterocycles. The monoisotopic (exact) mass is 383 g/mol. The third kappa shape index (κ3) is 4.25. The smallest absolute Gasteiger partial charge is 0.271 e. The molecule has 0 unspecified atom stereocenters. The maximum atomic E-state index is 12.1. The van der Waals surface area contributed by atoms with E-state index in [1.807, 2.05) is 24.3 Å². The highest BCUT2D eigenvalue weighted by Gasteiger charge is 2.15. The SMILES string of the molecule is Cc1nnsc1C(=O)Nc1nnc(SCc2ccc(Cl)cc2)s1. The van der Waals surface area contributed by atoms with Gasteiger partial charge in [0.05, 0.1) is 5.69 Å². The zero-order valence-electron chi connectivity index (χ0n) is 11.8. The number of amides is 1. The van der Waals surface area contributed by atoms with Gasteiger partial charge in [0.1, 0.15) is 4.88 Å². The van der Waals surface area contributed by atoms with Crippen LogP contribution in [0.15, 0.2) is 28.6 Å². The first-order valence-electron chi connectivity index (χ1n) is 6.43. The number of anilines is 1. The normalized spacial score (nSPS) is 10.7. The highest BCUT2D eigenvalue weighted by molar-refractivity contribution is 8.00. The Morgan fingerprint density at radius 3 is 2.74 bits per heavy atom. The molecule has 118 valence electrons. The van der Waals surface area contributed by atoms with Crippen molar-refractivity contribution in [1.82, 2.24) is 19.8 Å². The van der Waals surface area contributed by atoms with E-state index in [9.17, 15) is 4.79 Å². The number of nitrogens with zero attached hydrogens (tertiary/aromatic N) is 4. The van der Waals surface area contributed by atoms with Crippen LogP contribution in [0.4, 0.5) is 5.13 Å². The van der Waals surface area contributed by atoms with E-state index in [-0.39, 0.29) is 5.91 Å². The Kier molecular flexibility index (Phi) is 5.21. The molecule has 0 bridgehead atoms. The van der Waals surface area contributed by atoms with E-state index in [1.165, 1.54) is 11.3 Å². The number of thioether (sulfide) groups is 1. The summed E-state index contributed by atoms with van der Waals surface area (Å²) in [5, 5.41) is 15.8. The summed E-state index contributed by atoms with van der Waals surface area (Å²) in [6.07, 6.45) is 0. The highest BCUT2D eigenvalue weighted by Crippen LogP contribution is 2.29. The number of halogens is 1. The van der Waals surface area contributed by atoms with Gasteiger partial charge in [-0.05, 0) is 36.2 Å². The molecule has 0 atom stereocenters. The first kappa shape index (κ1) is 16.3. The van der Waals surface area contributed by atoms with Gasteiger partial charge in [0, 0.05) is 10.8 Å². The maximum absolute atomic E-state index is 12.1. The largest absolute Gasteiger partial charge is 0.296 e. The molecule has 1 amide bonds. The van der Waals surface area contributed by atoms with Crippen molar-refractivity contribution in [2.24, 2.45) is 0 Å². The van der Waals surface area contributed by atoms with Gasteiger partial charge in [-0.25, -0.2) is 0 Å². The first-order chi connectivity index (χ1) is 11.1. The minimum atomic E-state index is -0.261. The quantitative estimate of drug-likeness (QED) is 0.531. The third-order valence-electron chi connectivity index (χ3n) is 2.76. The fourth-order valence-corrected chi connectivity index (χ4v) is 4.02. The van der Waals surface area contributed by atoms with Crippen LogP contribution in [0.3, 0.4) is 0 Å². The van der Waals surface area contributed by atoms with Crippen molar-refractivity contribution in [2.75, 3.05) is 5.32 Å². The Bertz CT molecular complexity index is 817. The zero-order chi connectivity index (χ0) is 16.2. The standard InChI is InChI=1S/C13H10ClN5OS3/c1-7-10(23-19-16-7)11(20)15-12-17-18-13(22-12)21-6-8-2-4-9(14)5-3-8/h2-5H,6H2,1H3,(H,15,17,20). The molecular weight excluding hydrogens is 374 g/mol. The van der Waals surface area contributed by atoms with Crippen LogP contribution in [0.2, 0.25) is 5.02 Å². The summed E-state index contributed by atoms with van der Waals surface area (Å²) >= 11 is 9.81. The number of aromatic nitrogens is 4. The van der Waals surface area contributed by atoms with E-state index in [1.54, 1.807) is 18.7 Å². The van der Waals surface area contributed by atoms with Gasteiger partial charge in [0.15, 0.2) is 4.34 Å². The summed E-state index contributed by atoms with van der Waals surface area (Å²) in [5.74, 6) is 0.500. The summed E-state index contributed by atoms with van der Waals surface area (Å²) in [6, 6.07) is 7.65. The van der Waals surface area contributed by atoms with Crippen LogP contribution >= 0.6 is 46.2 Å². The van der Waals surface area contributed by atoms with Gasteiger partial charge >= 0.3 is 0 Å². The van der Waals surface area contributed by atoms with Gasteiger partial charge in [-0.15, -0.1) is 15.3 Å². The molecule has 0 spiro atoms. The molecule has 0 saturated carbocycles. The Balaban J connectivity index is 1.58. The number of carbonyl (C=O) groups excluding carboxylic acids is 1. The van der Waals surface area contributed by atoms with Gasteiger partial charge in [-0.1, -0.05) is 51.3 Å². The van der Waals surface area contributed by atoms with Gasteiger partial charge in [0.25, 0.3) is 5.91 Å². The van der Waals surface area contributed by atoms with Crippen LogP contribution in [0.1, 0.15) is 20.9 Å². The number of aryl methyl sites for hydroxylation is 1. The summed E-state index contributed by atoms with van der Waals surface area (Å²) in [4.78, 5) is 12.5. The Labute approximate surface area is 149 Å². The molecule has 3 rings (SSSR count). The minimum Gasteiger partial charge on any atom is -0.296 e. The van der Waals surface area contributed by atoms with Crippen molar-refractivity contribution in [2.45, 2.75) is 17.0 Å². The van der Waals surface area contributed by atoms with Gasteiger partial charge in [-0.2, -0.15) is 0 Å². The summed E-state index contributed by atoms with van der Waals surface area (Å²) in [5.41, 5.74) is 1.75. The lowest BCUT2D eigenvalue weighted by atomic mass is 10.2. The van der Waals surface area contributed by atoms with Crippen LogP contribution in [-0.2, 0) is 5.75 Å². The van der Waals surface area contributed by atoms with Crippen molar-refractivity contribution in [3.63, 3.8) is 0 Å². The third-order valence-corrected chi connectivity index (χ3v) is 5.88. The highest BCUT2D eigenvalue weighted by atomic mass is 35.5. The zero-order valence-corrected chi connectivity index (χ0v) is 15.0. The van der Waals surface area contributed by atoms with Crippen LogP contribution in [0.5, 0.6) is 0 Å². The maximum Gasteiger partial charge on any atom is 0.271 e. The van der Waals surface area contributed by atoms with Crippen LogP contribution in [-0.4, -0.2) is 25.7 Å². The van der Waals surface area contributed by atoms with Gasteiger partial charge in [-0.3, -0.25) is 10.1 Å². The molecule has 1 aromatic carbocycles. The van der Waals surface area contributed by atoms with Crippen molar-refractivity contribution in [3.8, 4) is 0 Å². The van der Waals surface area contributed by atoms with E-state index in [0.29, 0.717) is 20.7 Å². The topological polar surface area (TPSA) is 80.7 Å². The molecule has 2 aromatic heterocycles.